The standard InChI is InChI=1S/B2H2O3.Zn/c1-5-2(3)4;/h1H2;/q-2;+2. The summed E-state index contributed by atoms with van der Waals surface area (Å²) in [7, 11) is -1.04. The summed E-state index contributed by atoms with van der Waals surface area (Å²) in [5.41, 5.74) is 0. The fraction of sp³-hybridized carbons (Fsp3) is 0. The molecule has 0 radical (unpaired) electrons. The fourth-order valence-corrected chi connectivity index (χ4v) is 0. The summed E-state index contributed by atoms with van der Waals surface area (Å²) in [6, 6.07) is 0. The third-order valence-corrected chi connectivity index (χ3v) is 0.192. The van der Waals surface area contributed by atoms with Gasteiger partial charge in [-0.05, 0) is 0 Å². The molecule has 0 rings (SSSR count). The van der Waals surface area contributed by atoms with Gasteiger partial charge in [0.1, 0.15) is 0 Å². The van der Waals surface area contributed by atoms with Crippen molar-refractivity contribution in [2.45, 2.75) is 0 Å². The minimum atomic E-state index is -2.12. The van der Waals surface area contributed by atoms with Crippen LogP contribution in [0.1, 0.15) is 0 Å². The van der Waals surface area contributed by atoms with Crippen LogP contribution in [0.4, 0.5) is 0 Å². The molecule has 0 amide bonds. The smallest absolute Gasteiger partial charge is 0.872 e. The maximum absolute atomic E-state index is 9.12. The molecular weight excluding hydrogens is 135 g/mol. The van der Waals surface area contributed by atoms with Crippen LogP contribution in [0.3, 0.4) is 0 Å². The average Bonchev–Trinajstić information content (AvgIpc) is 1.38. The van der Waals surface area contributed by atoms with Gasteiger partial charge in [0, 0.05) is 7.32 Å². The van der Waals surface area contributed by atoms with E-state index in [0.717, 1.165) is 8.05 Å². The Hall–Kier alpha value is 0.633. The van der Waals surface area contributed by atoms with Crippen molar-refractivity contribution >= 4 is 15.4 Å². The van der Waals surface area contributed by atoms with Crippen LogP contribution in [-0.2, 0) is 24.0 Å². The predicted molar refractivity (Wildman–Crippen MR) is 15.4 cm³/mol. The third-order valence-electron chi connectivity index (χ3n) is 0.192. The van der Waals surface area contributed by atoms with Gasteiger partial charge in [0.15, 0.2) is 0 Å². The average molecular weight is 137 g/mol. The van der Waals surface area contributed by atoms with E-state index in [4.69, 9.17) is 10.0 Å². The van der Waals surface area contributed by atoms with Gasteiger partial charge in [-0.25, -0.2) is 0 Å². The van der Waals surface area contributed by atoms with Crippen LogP contribution >= 0.6 is 0 Å². The Morgan fingerprint density at radius 1 is 1.50 bits per heavy atom. The molecule has 3 nitrogen and oxygen atoms in total. The van der Waals surface area contributed by atoms with Gasteiger partial charge in [-0.15, -0.1) is 0 Å². The van der Waals surface area contributed by atoms with E-state index in [1.165, 1.54) is 0 Å². The summed E-state index contributed by atoms with van der Waals surface area (Å²) in [5.74, 6) is 0. The van der Waals surface area contributed by atoms with Crippen molar-refractivity contribution in [3.8, 4) is 0 Å². The minimum Gasteiger partial charge on any atom is -0.872 e. The summed E-state index contributed by atoms with van der Waals surface area (Å²) in [5, 5.41) is 18.2. The maximum atomic E-state index is 9.12. The second-order valence-electron chi connectivity index (χ2n) is 0.524. The molecule has 0 saturated heterocycles. The third kappa shape index (κ3) is 8.82. The normalized spacial score (nSPS) is 6.33. The molecule has 0 unspecified atom stereocenters. The van der Waals surface area contributed by atoms with Gasteiger partial charge in [0.2, 0.25) is 8.05 Å². The molecular formula is H2B2O3Zn. The van der Waals surface area contributed by atoms with Crippen molar-refractivity contribution in [2.75, 3.05) is 0 Å². The first-order chi connectivity index (χ1) is 2.27. The predicted octanol–water partition coefficient (Wildman–Crippen LogP) is -3.75. The first kappa shape index (κ1) is 9.81. The second kappa shape index (κ2) is 5.63. The summed E-state index contributed by atoms with van der Waals surface area (Å²) in [6.45, 7) is 0. The molecule has 0 atom stereocenters. The van der Waals surface area contributed by atoms with Crippen molar-refractivity contribution < 1.29 is 34.1 Å². The van der Waals surface area contributed by atoms with Gasteiger partial charge in [-0.2, -0.15) is 0 Å². The van der Waals surface area contributed by atoms with Gasteiger partial charge < -0.3 is 14.6 Å². The van der Waals surface area contributed by atoms with Crippen molar-refractivity contribution in [3.63, 3.8) is 0 Å². The Balaban J connectivity index is 0. The Morgan fingerprint density at radius 2 is 1.67 bits per heavy atom. The molecule has 0 aromatic rings. The topological polar surface area (TPSA) is 55.3 Å². The quantitative estimate of drug-likeness (QED) is 0.349. The van der Waals surface area contributed by atoms with Crippen molar-refractivity contribution in [1.29, 1.82) is 0 Å². The summed E-state index contributed by atoms with van der Waals surface area (Å²) in [6.07, 6.45) is 0. The summed E-state index contributed by atoms with van der Waals surface area (Å²) < 4.78 is 3.64. The van der Waals surface area contributed by atoms with Crippen molar-refractivity contribution in [3.05, 3.63) is 0 Å². The maximum Gasteiger partial charge on any atom is 2.00 e. The number of hydrogen-bond donors (Lipinski definition) is 0. The molecule has 0 aliphatic carbocycles. The van der Waals surface area contributed by atoms with E-state index in [1.807, 2.05) is 0 Å². The van der Waals surface area contributed by atoms with E-state index >= 15 is 0 Å². The molecule has 0 heterocycles. The Labute approximate surface area is 50.1 Å². The fourth-order valence-electron chi connectivity index (χ4n) is 0. The van der Waals surface area contributed by atoms with E-state index in [0.29, 0.717) is 0 Å². The minimum absolute atomic E-state index is 0. The summed E-state index contributed by atoms with van der Waals surface area (Å²) in [4.78, 5) is 0. The van der Waals surface area contributed by atoms with E-state index in [1.54, 1.807) is 0 Å². The van der Waals surface area contributed by atoms with E-state index in [-0.39, 0.29) is 19.5 Å². The van der Waals surface area contributed by atoms with E-state index in [2.05, 4.69) is 4.57 Å². The molecule has 0 aromatic carbocycles. The van der Waals surface area contributed by atoms with Crippen molar-refractivity contribution in [1.82, 2.24) is 0 Å². The van der Waals surface area contributed by atoms with Crippen molar-refractivity contribution in [2.24, 2.45) is 0 Å². The molecule has 0 saturated carbocycles. The van der Waals surface area contributed by atoms with Crippen LogP contribution in [0.5, 0.6) is 0 Å². The van der Waals surface area contributed by atoms with Gasteiger partial charge in [-0.1, -0.05) is 0 Å². The zero-order chi connectivity index (χ0) is 4.28. The zero-order valence-electron chi connectivity index (χ0n) is 3.51. The van der Waals surface area contributed by atoms with Gasteiger partial charge in [0.25, 0.3) is 0 Å². The molecule has 0 aliphatic heterocycles. The van der Waals surface area contributed by atoms with Crippen LogP contribution in [0.15, 0.2) is 0 Å². The molecule has 0 bridgehead atoms. The molecule has 0 aliphatic rings. The Morgan fingerprint density at radius 3 is 1.67 bits per heavy atom. The Kier molecular flexibility index (Phi) is 9.21. The first-order valence-electron chi connectivity index (χ1n) is 1.12. The zero-order valence-corrected chi connectivity index (χ0v) is 6.48. The first-order valence-corrected chi connectivity index (χ1v) is 1.12. The molecule has 0 N–H and O–H groups in total. The van der Waals surface area contributed by atoms with Crippen LogP contribution in [0.2, 0.25) is 0 Å². The second-order valence-corrected chi connectivity index (χ2v) is 0.524. The molecule has 0 spiro atoms. The SMILES string of the molecule is BOB([O-])[O-].[Zn+2]. The van der Waals surface area contributed by atoms with Gasteiger partial charge in [-0.3, -0.25) is 0 Å². The van der Waals surface area contributed by atoms with Gasteiger partial charge >= 0.3 is 19.5 Å². The van der Waals surface area contributed by atoms with Gasteiger partial charge in [0.05, 0.1) is 0 Å². The van der Waals surface area contributed by atoms with Crippen LogP contribution in [-0.4, -0.2) is 15.4 Å². The van der Waals surface area contributed by atoms with Crippen LogP contribution in [0, 0.1) is 0 Å². The number of rotatable bonds is 1. The van der Waals surface area contributed by atoms with E-state index < -0.39 is 7.32 Å². The largest absolute Gasteiger partial charge is 2.00 e. The molecule has 28 valence electrons. The molecule has 0 aromatic heterocycles. The molecule has 6 heteroatoms. The summed E-state index contributed by atoms with van der Waals surface area (Å²) >= 11 is 0. The van der Waals surface area contributed by atoms with E-state index in [9.17, 15) is 0 Å². The number of hydrogen-bond acceptors (Lipinski definition) is 3. The molecule has 0 fully saturated rings. The molecule has 6 heavy (non-hydrogen) atoms. The Bertz CT molecular complexity index is 22.8. The van der Waals surface area contributed by atoms with Crippen LogP contribution in [0.25, 0.3) is 0 Å². The monoisotopic (exact) mass is 136 g/mol. The van der Waals surface area contributed by atoms with Crippen LogP contribution < -0.4 is 10.0 Å².